The lowest BCUT2D eigenvalue weighted by molar-refractivity contribution is -0.385. The van der Waals surface area contributed by atoms with Crippen LogP contribution in [0.15, 0.2) is 12.1 Å². The maximum atomic E-state index is 11.1. The maximum Gasteiger partial charge on any atom is 0.306 e. The summed E-state index contributed by atoms with van der Waals surface area (Å²) < 4.78 is 0. The Bertz CT molecular complexity index is 586. The highest BCUT2D eigenvalue weighted by molar-refractivity contribution is 6.36. The van der Waals surface area contributed by atoms with Crippen LogP contribution in [-0.4, -0.2) is 22.0 Å². The third kappa shape index (κ3) is 4.09. The molecule has 1 saturated carbocycles. The number of carboxylic acids is 1. The van der Waals surface area contributed by atoms with E-state index in [1.807, 2.05) is 0 Å². The number of nitro benzene ring substituents is 1. The van der Waals surface area contributed by atoms with Gasteiger partial charge in [-0.2, -0.15) is 0 Å². The summed E-state index contributed by atoms with van der Waals surface area (Å²) in [6, 6.07) is 3.03. The largest absolute Gasteiger partial charge is 0.481 e. The maximum absolute atomic E-state index is 11.1. The van der Waals surface area contributed by atoms with Crippen molar-refractivity contribution < 1.29 is 14.8 Å². The molecule has 0 aliphatic heterocycles. The predicted octanol–water partition coefficient (Wildman–Crippen LogP) is 3.63. The number of aliphatic carboxylic acids is 1. The molecule has 0 saturated heterocycles. The summed E-state index contributed by atoms with van der Waals surface area (Å²) in [5, 5.41) is 23.7. The summed E-state index contributed by atoms with van der Waals surface area (Å²) >= 11 is 11.8. The highest BCUT2D eigenvalue weighted by Gasteiger charge is 2.26. The second-order valence-corrected chi connectivity index (χ2v) is 6.26. The van der Waals surface area contributed by atoms with Gasteiger partial charge in [-0.3, -0.25) is 14.9 Å². The second-order valence-electron chi connectivity index (χ2n) is 5.42. The van der Waals surface area contributed by atoms with Crippen molar-refractivity contribution in [3.05, 3.63) is 37.9 Å². The van der Waals surface area contributed by atoms with Gasteiger partial charge in [0.1, 0.15) is 5.02 Å². The lowest BCUT2D eigenvalue weighted by Crippen LogP contribution is -2.34. The Kier molecular flexibility index (Phi) is 5.61. The number of nitrogens with zero attached hydrogens (tertiary/aromatic N) is 1. The Morgan fingerprint density at radius 2 is 1.95 bits per heavy atom. The van der Waals surface area contributed by atoms with Gasteiger partial charge in [-0.1, -0.05) is 23.2 Å². The van der Waals surface area contributed by atoms with Crippen molar-refractivity contribution in [1.29, 1.82) is 0 Å². The SMILES string of the molecule is O=C(O)C1CCC(NCc2cc(Cl)cc(Cl)c2[N+](=O)[O-])CC1. The zero-order chi connectivity index (χ0) is 16.3. The molecule has 1 aromatic rings. The standard InChI is InChI=1S/C14H16Cl2N2O4/c15-10-5-9(13(18(21)22)12(16)6-10)7-17-11-3-1-8(2-4-11)14(19)20/h5-6,8,11,17H,1-4,7H2,(H,19,20). The molecule has 6 nitrogen and oxygen atoms in total. The fourth-order valence-corrected chi connectivity index (χ4v) is 3.36. The van der Waals surface area contributed by atoms with Crippen molar-refractivity contribution >= 4 is 34.9 Å². The summed E-state index contributed by atoms with van der Waals surface area (Å²) in [4.78, 5) is 21.5. The highest BCUT2D eigenvalue weighted by Crippen LogP contribution is 2.32. The molecule has 0 unspecified atom stereocenters. The molecular weight excluding hydrogens is 331 g/mol. The van der Waals surface area contributed by atoms with Crippen molar-refractivity contribution in [3.8, 4) is 0 Å². The Labute approximate surface area is 137 Å². The van der Waals surface area contributed by atoms with Crippen molar-refractivity contribution in [2.75, 3.05) is 0 Å². The number of rotatable bonds is 5. The first kappa shape index (κ1) is 17.0. The molecule has 0 radical (unpaired) electrons. The van der Waals surface area contributed by atoms with Crippen LogP contribution < -0.4 is 5.32 Å². The molecule has 0 bridgehead atoms. The number of halogens is 2. The van der Waals surface area contributed by atoms with E-state index in [2.05, 4.69) is 5.32 Å². The van der Waals surface area contributed by atoms with E-state index in [4.69, 9.17) is 28.3 Å². The molecule has 8 heteroatoms. The van der Waals surface area contributed by atoms with Gasteiger partial charge < -0.3 is 10.4 Å². The molecular formula is C14H16Cl2N2O4. The molecule has 0 aromatic heterocycles. The molecule has 22 heavy (non-hydrogen) atoms. The second kappa shape index (κ2) is 7.26. The molecule has 1 fully saturated rings. The summed E-state index contributed by atoms with van der Waals surface area (Å²) in [6.07, 6.45) is 2.70. The van der Waals surface area contributed by atoms with E-state index in [1.54, 1.807) is 0 Å². The van der Waals surface area contributed by atoms with Gasteiger partial charge >= 0.3 is 5.97 Å². The van der Waals surface area contributed by atoms with E-state index in [0.717, 1.165) is 12.8 Å². The Morgan fingerprint density at radius 3 is 2.50 bits per heavy atom. The highest BCUT2D eigenvalue weighted by atomic mass is 35.5. The van der Waals surface area contributed by atoms with Crippen molar-refractivity contribution in [1.82, 2.24) is 5.32 Å². The zero-order valence-corrected chi connectivity index (χ0v) is 13.2. The van der Waals surface area contributed by atoms with E-state index in [0.29, 0.717) is 23.4 Å². The fraction of sp³-hybridized carbons (Fsp3) is 0.500. The van der Waals surface area contributed by atoms with E-state index in [9.17, 15) is 14.9 Å². The molecule has 0 amide bonds. The molecule has 120 valence electrons. The van der Waals surface area contributed by atoms with Crippen LogP contribution in [0.2, 0.25) is 10.0 Å². The van der Waals surface area contributed by atoms with Crippen molar-refractivity contribution in [3.63, 3.8) is 0 Å². The lowest BCUT2D eigenvalue weighted by atomic mass is 9.86. The van der Waals surface area contributed by atoms with E-state index in [-0.39, 0.29) is 29.2 Å². The van der Waals surface area contributed by atoms with Crippen LogP contribution in [-0.2, 0) is 11.3 Å². The third-order valence-electron chi connectivity index (χ3n) is 3.95. The quantitative estimate of drug-likeness (QED) is 0.627. The summed E-state index contributed by atoms with van der Waals surface area (Å²) in [5.41, 5.74) is 0.292. The molecule has 0 atom stereocenters. The molecule has 2 rings (SSSR count). The average Bonchev–Trinajstić information content (AvgIpc) is 2.44. The minimum absolute atomic E-state index is 0.0175. The van der Waals surface area contributed by atoms with E-state index >= 15 is 0 Å². The van der Waals surface area contributed by atoms with Gasteiger partial charge in [-0.05, 0) is 37.8 Å². The molecule has 1 aliphatic rings. The van der Waals surface area contributed by atoms with Crippen LogP contribution in [0.4, 0.5) is 5.69 Å². The van der Waals surface area contributed by atoms with Crippen LogP contribution >= 0.6 is 23.2 Å². The normalized spacial score (nSPS) is 21.5. The number of hydrogen-bond acceptors (Lipinski definition) is 4. The summed E-state index contributed by atoms with van der Waals surface area (Å²) in [6.45, 7) is 0.277. The van der Waals surface area contributed by atoms with Gasteiger partial charge in [-0.25, -0.2) is 0 Å². The van der Waals surface area contributed by atoms with Crippen LogP contribution in [0.5, 0.6) is 0 Å². The minimum Gasteiger partial charge on any atom is -0.481 e. The topological polar surface area (TPSA) is 92.5 Å². The molecule has 1 aromatic carbocycles. The van der Waals surface area contributed by atoms with E-state index in [1.165, 1.54) is 12.1 Å². The van der Waals surface area contributed by atoms with Crippen LogP contribution in [0.3, 0.4) is 0 Å². The fourth-order valence-electron chi connectivity index (χ4n) is 2.76. The smallest absolute Gasteiger partial charge is 0.306 e. The van der Waals surface area contributed by atoms with Gasteiger partial charge in [0.15, 0.2) is 0 Å². The monoisotopic (exact) mass is 346 g/mol. The van der Waals surface area contributed by atoms with Gasteiger partial charge in [0.2, 0.25) is 0 Å². The number of nitro groups is 1. The predicted molar refractivity (Wildman–Crippen MR) is 83.3 cm³/mol. The van der Waals surface area contributed by atoms with Gasteiger partial charge in [0, 0.05) is 23.2 Å². The number of hydrogen-bond donors (Lipinski definition) is 2. The van der Waals surface area contributed by atoms with Crippen LogP contribution in [0.1, 0.15) is 31.2 Å². The van der Waals surface area contributed by atoms with Crippen LogP contribution in [0, 0.1) is 16.0 Å². The summed E-state index contributed by atoms with van der Waals surface area (Å²) in [7, 11) is 0. The average molecular weight is 347 g/mol. The molecule has 1 aliphatic carbocycles. The third-order valence-corrected chi connectivity index (χ3v) is 4.45. The van der Waals surface area contributed by atoms with Gasteiger partial charge in [-0.15, -0.1) is 0 Å². The number of carboxylic acid groups (broad SMARTS) is 1. The first-order chi connectivity index (χ1) is 10.4. The Balaban J connectivity index is 2.01. The van der Waals surface area contributed by atoms with Crippen molar-refractivity contribution in [2.45, 2.75) is 38.3 Å². The number of benzene rings is 1. The van der Waals surface area contributed by atoms with Gasteiger partial charge in [0.25, 0.3) is 5.69 Å². The van der Waals surface area contributed by atoms with Gasteiger partial charge in [0.05, 0.1) is 10.8 Å². The molecule has 0 heterocycles. The minimum atomic E-state index is -0.754. The Hall–Kier alpha value is -1.37. The first-order valence-electron chi connectivity index (χ1n) is 6.97. The molecule has 0 spiro atoms. The number of nitrogens with one attached hydrogen (secondary N) is 1. The first-order valence-corrected chi connectivity index (χ1v) is 7.72. The number of carbonyl (C=O) groups is 1. The van der Waals surface area contributed by atoms with Crippen LogP contribution in [0.25, 0.3) is 0 Å². The lowest BCUT2D eigenvalue weighted by Gasteiger charge is -2.27. The Morgan fingerprint density at radius 1 is 1.32 bits per heavy atom. The zero-order valence-electron chi connectivity index (χ0n) is 11.7. The summed E-state index contributed by atoms with van der Waals surface area (Å²) in [5.74, 6) is -1.04. The van der Waals surface area contributed by atoms with E-state index < -0.39 is 10.9 Å². The van der Waals surface area contributed by atoms with Crippen molar-refractivity contribution in [2.24, 2.45) is 5.92 Å². The molecule has 2 N–H and O–H groups in total.